The molecular formula is C21H27N7O2. The number of amides is 3. The van der Waals surface area contributed by atoms with Crippen LogP contribution in [0.15, 0.2) is 36.5 Å². The summed E-state index contributed by atoms with van der Waals surface area (Å²) in [6.07, 6.45) is 8.29. The van der Waals surface area contributed by atoms with Crippen LogP contribution in [0.3, 0.4) is 0 Å². The van der Waals surface area contributed by atoms with Gasteiger partial charge in [-0.1, -0.05) is 12.1 Å². The van der Waals surface area contributed by atoms with Gasteiger partial charge in [-0.25, -0.2) is 14.8 Å². The Labute approximate surface area is 175 Å². The molecule has 6 N–H and O–H groups in total. The van der Waals surface area contributed by atoms with Crippen molar-refractivity contribution in [2.24, 2.45) is 0 Å². The van der Waals surface area contributed by atoms with E-state index in [1.165, 1.54) is 0 Å². The fourth-order valence-corrected chi connectivity index (χ4v) is 2.67. The molecular weight excluding hydrogens is 382 g/mol. The lowest BCUT2D eigenvalue weighted by atomic mass is 10.2. The Kier molecular flexibility index (Phi) is 7.20. The van der Waals surface area contributed by atoms with Crippen LogP contribution in [-0.2, 0) is 6.54 Å². The third kappa shape index (κ3) is 6.47. The van der Waals surface area contributed by atoms with Crippen LogP contribution in [-0.4, -0.2) is 41.5 Å². The first-order valence-electron chi connectivity index (χ1n) is 9.93. The van der Waals surface area contributed by atoms with E-state index < -0.39 is 0 Å². The first-order chi connectivity index (χ1) is 14.5. The van der Waals surface area contributed by atoms with Crippen LogP contribution in [0.25, 0.3) is 6.08 Å². The fourth-order valence-electron chi connectivity index (χ4n) is 2.67. The van der Waals surface area contributed by atoms with E-state index in [2.05, 4.69) is 31.2 Å². The highest BCUT2D eigenvalue weighted by atomic mass is 16.2. The number of nitrogens with two attached hydrogens (primary N) is 1. The van der Waals surface area contributed by atoms with Crippen molar-refractivity contribution < 1.29 is 9.59 Å². The normalized spacial score (nSPS) is 13.1. The molecule has 0 unspecified atom stereocenters. The van der Waals surface area contributed by atoms with Crippen LogP contribution in [0.2, 0.25) is 0 Å². The molecule has 0 atom stereocenters. The van der Waals surface area contributed by atoms with Gasteiger partial charge < -0.3 is 27.0 Å². The molecule has 0 aliphatic heterocycles. The van der Waals surface area contributed by atoms with Crippen LogP contribution in [0, 0.1) is 0 Å². The van der Waals surface area contributed by atoms with Crippen molar-refractivity contribution in [2.75, 3.05) is 24.6 Å². The molecule has 2 aromatic rings. The smallest absolute Gasteiger partial charge is 0.315 e. The molecule has 1 fully saturated rings. The number of hydrogen-bond acceptors (Lipinski definition) is 6. The largest absolute Gasteiger partial charge is 0.384 e. The van der Waals surface area contributed by atoms with Gasteiger partial charge in [0.1, 0.15) is 11.6 Å². The second-order valence-electron chi connectivity index (χ2n) is 7.02. The summed E-state index contributed by atoms with van der Waals surface area (Å²) in [5, 5.41) is 11.5. The highest BCUT2D eigenvalue weighted by molar-refractivity contribution is 5.98. The lowest BCUT2D eigenvalue weighted by Gasteiger charge is -2.10. The second-order valence-corrected chi connectivity index (χ2v) is 7.02. The van der Waals surface area contributed by atoms with E-state index in [0.717, 1.165) is 24.1 Å². The minimum atomic E-state index is -0.246. The third-order valence-corrected chi connectivity index (χ3v) is 4.49. The highest BCUT2D eigenvalue weighted by Gasteiger charge is 2.24. The van der Waals surface area contributed by atoms with Crippen molar-refractivity contribution in [3.63, 3.8) is 0 Å². The number of pyridine rings is 2. The molecule has 2 heterocycles. The molecule has 1 aliphatic carbocycles. The third-order valence-electron chi connectivity index (χ3n) is 4.49. The lowest BCUT2D eigenvalue weighted by molar-refractivity contribution is 0.0963. The first-order valence-corrected chi connectivity index (χ1v) is 9.93. The topological polar surface area (TPSA) is 134 Å². The molecule has 3 amide bonds. The van der Waals surface area contributed by atoms with E-state index in [9.17, 15) is 9.59 Å². The monoisotopic (exact) mass is 409 g/mol. The van der Waals surface area contributed by atoms with E-state index in [-0.39, 0.29) is 11.9 Å². The molecule has 0 saturated heterocycles. The van der Waals surface area contributed by atoms with Crippen LogP contribution in [0.4, 0.5) is 16.4 Å². The van der Waals surface area contributed by atoms with Gasteiger partial charge in [-0.05, 0) is 49.1 Å². The summed E-state index contributed by atoms with van der Waals surface area (Å²) >= 11 is 0. The molecule has 1 aliphatic rings. The number of rotatable bonds is 9. The van der Waals surface area contributed by atoms with Gasteiger partial charge in [0.05, 0.1) is 11.3 Å². The van der Waals surface area contributed by atoms with E-state index in [1.807, 2.05) is 18.2 Å². The molecule has 0 aromatic carbocycles. The van der Waals surface area contributed by atoms with Crippen LogP contribution in [0.5, 0.6) is 0 Å². The van der Waals surface area contributed by atoms with Crippen molar-refractivity contribution in [1.82, 2.24) is 25.9 Å². The van der Waals surface area contributed by atoms with Crippen molar-refractivity contribution in [3.8, 4) is 0 Å². The summed E-state index contributed by atoms with van der Waals surface area (Å²) in [6, 6.07) is 7.24. The Morgan fingerprint density at radius 2 is 2.03 bits per heavy atom. The number of hydrogen-bond donors (Lipinski definition) is 5. The molecule has 30 heavy (non-hydrogen) atoms. The average molecular weight is 409 g/mol. The lowest BCUT2D eigenvalue weighted by Crippen LogP contribution is -2.35. The van der Waals surface area contributed by atoms with Crippen LogP contribution < -0.4 is 27.0 Å². The minimum absolute atomic E-state index is 0.161. The summed E-state index contributed by atoms with van der Waals surface area (Å²) < 4.78 is 0. The Morgan fingerprint density at radius 1 is 1.20 bits per heavy atom. The minimum Gasteiger partial charge on any atom is -0.384 e. The van der Waals surface area contributed by atoms with E-state index in [0.29, 0.717) is 42.8 Å². The number of nitrogens with one attached hydrogen (secondary N) is 4. The van der Waals surface area contributed by atoms with Crippen LogP contribution in [0.1, 0.15) is 40.9 Å². The molecule has 3 rings (SSSR count). The Bertz CT molecular complexity index is 908. The molecule has 2 aromatic heterocycles. The van der Waals surface area contributed by atoms with Gasteiger partial charge in [-0.2, -0.15) is 0 Å². The van der Waals surface area contributed by atoms with Crippen molar-refractivity contribution in [2.45, 2.75) is 31.8 Å². The predicted molar refractivity (Wildman–Crippen MR) is 117 cm³/mol. The van der Waals surface area contributed by atoms with Crippen molar-refractivity contribution in [1.29, 1.82) is 0 Å². The summed E-state index contributed by atoms with van der Waals surface area (Å²) in [6.45, 7) is 0.874. The molecule has 9 nitrogen and oxygen atoms in total. The summed E-state index contributed by atoms with van der Waals surface area (Å²) in [4.78, 5) is 32.4. The van der Waals surface area contributed by atoms with Gasteiger partial charge in [0.15, 0.2) is 0 Å². The molecule has 0 spiro atoms. The molecule has 9 heteroatoms. The SMILES string of the molecule is CNC(=O)c1ccc(C=CCCNC(=O)NCc2ccc(N)nc2)nc1NC1CC1. The van der Waals surface area contributed by atoms with E-state index in [1.54, 1.807) is 31.4 Å². The zero-order valence-electron chi connectivity index (χ0n) is 16.9. The van der Waals surface area contributed by atoms with Gasteiger partial charge in [-0.15, -0.1) is 0 Å². The summed E-state index contributed by atoms with van der Waals surface area (Å²) in [7, 11) is 1.60. The number of anilines is 2. The maximum Gasteiger partial charge on any atom is 0.315 e. The molecule has 1 saturated carbocycles. The number of urea groups is 1. The number of carbonyl (C=O) groups excluding carboxylic acids is 2. The zero-order chi connectivity index (χ0) is 21.3. The average Bonchev–Trinajstić information content (AvgIpc) is 3.57. The maximum atomic E-state index is 12.0. The van der Waals surface area contributed by atoms with Gasteiger partial charge >= 0.3 is 6.03 Å². The molecule has 0 radical (unpaired) electrons. The van der Waals surface area contributed by atoms with Crippen molar-refractivity contribution in [3.05, 3.63) is 53.4 Å². The van der Waals surface area contributed by atoms with Gasteiger partial charge in [0, 0.05) is 32.4 Å². The van der Waals surface area contributed by atoms with Crippen LogP contribution >= 0.6 is 0 Å². The maximum absolute atomic E-state index is 12.0. The number of nitrogens with zero attached hydrogens (tertiary/aromatic N) is 2. The van der Waals surface area contributed by atoms with E-state index >= 15 is 0 Å². The Morgan fingerprint density at radius 3 is 2.73 bits per heavy atom. The van der Waals surface area contributed by atoms with Gasteiger partial charge in [0.2, 0.25) is 0 Å². The Balaban J connectivity index is 1.43. The van der Waals surface area contributed by atoms with Crippen molar-refractivity contribution >= 4 is 29.7 Å². The summed E-state index contributed by atoms with van der Waals surface area (Å²) in [5.74, 6) is 0.892. The number of nitrogen functional groups attached to an aromatic ring is 1. The first kappa shape index (κ1) is 21.1. The van der Waals surface area contributed by atoms with Gasteiger partial charge in [0.25, 0.3) is 5.91 Å². The second kappa shape index (κ2) is 10.2. The zero-order valence-corrected chi connectivity index (χ0v) is 16.9. The predicted octanol–water partition coefficient (Wildman–Crippen LogP) is 1.90. The highest BCUT2D eigenvalue weighted by Crippen LogP contribution is 2.26. The van der Waals surface area contributed by atoms with Gasteiger partial charge in [-0.3, -0.25) is 4.79 Å². The Hall–Kier alpha value is -3.62. The standard InChI is InChI=1S/C21H27N7O2/c1-23-20(29)17-9-8-15(27-19(17)28-16-6-7-16)4-2-3-11-24-21(30)26-13-14-5-10-18(22)25-12-14/h2,4-5,8-10,12,16H,3,6-7,11,13H2,1H3,(H2,22,25)(H,23,29)(H,27,28)(H2,24,26,30). The quantitative estimate of drug-likeness (QED) is 0.402. The van der Waals surface area contributed by atoms with E-state index in [4.69, 9.17) is 5.73 Å². The number of aromatic nitrogens is 2. The summed E-state index contributed by atoms with van der Waals surface area (Å²) in [5.41, 5.74) is 7.70. The molecule has 0 bridgehead atoms. The number of carbonyl (C=O) groups is 2. The fraction of sp³-hybridized carbons (Fsp3) is 0.333. The molecule has 158 valence electrons.